The van der Waals surface area contributed by atoms with Crippen LogP contribution in [0, 0.1) is 0 Å². The van der Waals surface area contributed by atoms with Crippen molar-refractivity contribution in [2.45, 2.75) is 37.6 Å². The van der Waals surface area contributed by atoms with Crippen LogP contribution in [0.2, 0.25) is 0 Å². The number of esters is 1. The highest BCUT2D eigenvalue weighted by Crippen LogP contribution is 2.19. The minimum absolute atomic E-state index is 0.0836. The van der Waals surface area contributed by atoms with E-state index in [9.17, 15) is 4.79 Å². The molecule has 18 heavy (non-hydrogen) atoms. The zero-order valence-corrected chi connectivity index (χ0v) is 12.9. The van der Waals surface area contributed by atoms with Crippen LogP contribution in [-0.4, -0.2) is 23.3 Å². The van der Waals surface area contributed by atoms with E-state index in [1.807, 2.05) is 25.3 Å². The first-order valence-corrected chi connectivity index (χ1v) is 7.90. The summed E-state index contributed by atoms with van der Waals surface area (Å²) in [4.78, 5) is 15.4. The molecule has 0 radical (unpaired) electrons. The molecular formula is C13H18BrNO2S. The van der Waals surface area contributed by atoms with Crippen molar-refractivity contribution in [1.29, 1.82) is 0 Å². The van der Waals surface area contributed by atoms with Gasteiger partial charge in [-0.2, -0.15) is 0 Å². The van der Waals surface area contributed by atoms with Gasteiger partial charge < -0.3 is 4.74 Å². The van der Waals surface area contributed by atoms with Gasteiger partial charge in [0.2, 0.25) is 0 Å². The molecule has 1 rings (SSSR count). The van der Waals surface area contributed by atoms with Crippen LogP contribution in [0.1, 0.15) is 32.6 Å². The number of rotatable bonds is 8. The predicted molar refractivity (Wildman–Crippen MR) is 77.8 cm³/mol. The van der Waals surface area contributed by atoms with Crippen molar-refractivity contribution < 1.29 is 9.53 Å². The van der Waals surface area contributed by atoms with Crippen molar-refractivity contribution in [3.05, 3.63) is 22.8 Å². The second-order valence-electron chi connectivity index (χ2n) is 3.78. The number of pyridine rings is 1. The Morgan fingerprint density at radius 1 is 1.39 bits per heavy atom. The van der Waals surface area contributed by atoms with E-state index in [4.69, 9.17) is 4.74 Å². The fraction of sp³-hybridized carbons (Fsp3) is 0.538. The lowest BCUT2D eigenvalue weighted by Crippen LogP contribution is -2.03. The molecule has 100 valence electrons. The summed E-state index contributed by atoms with van der Waals surface area (Å²) in [7, 11) is 0. The zero-order valence-electron chi connectivity index (χ0n) is 10.5. The molecule has 0 aromatic carbocycles. The molecule has 5 heteroatoms. The Balaban J connectivity index is 2.02. The van der Waals surface area contributed by atoms with Gasteiger partial charge >= 0.3 is 5.97 Å². The first kappa shape index (κ1) is 15.5. The average molecular weight is 332 g/mol. The number of ether oxygens (including phenoxy) is 1. The SMILES string of the molecule is CCOC(=O)CCCCCSc1ccc(Br)cn1. The van der Waals surface area contributed by atoms with Crippen molar-refractivity contribution in [2.75, 3.05) is 12.4 Å². The highest BCUT2D eigenvalue weighted by Gasteiger charge is 2.01. The Kier molecular flexibility index (Phi) is 8.09. The summed E-state index contributed by atoms with van der Waals surface area (Å²) in [6.07, 6.45) is 5.41. The number of carbonyl (C=O) groups excluding carboxylic acids is 1. The maximum atomic E-state index is 11.1. The average Bonchev–Trinajstić information content (AvgIpc) is 2.36. The molecule has 0 fully saturated rings. The Morgan fingerprint density at radius 3 is 2.89 bits per heavy atom. The molecule has 0 aliphatic heterocycles. The molecule has 1 aromatic heterocycles. The molecule has 0 aliphatic carbocycles. The topological polar surface area (TPSA) is 39.2 Å². The van der Waals surface area contributed by atoms with Crippen LogP contribution >= 0.6 is 27.7 Å². The van der Waals surface area contributed by atoms with Gasteiger partial charge in [-0.25, -0.2) is 4.98 Å². The fourth-order valence-electron chi connectivity index (χ4n) is 1.41. The third-order valence-corrected chi connectivity index (χ3v) is 3.78. The molecule has 1 aromatic rings. The molecule has 0 aliphatic rings. The number of thioether (sulfide) groups is 1. The minimum atomic E-state index is -0.0836. The van der Waals surface area contributed by atoms with Gasteiger partial charge in [-0.3, -0.25) is 4.79 Å². The third kappa shape index (κ3) is 7.01. The lowest BCUT2D eigenvalue weighted by molar-refractivity contribution is -0.143. The molecule has 0 saturated carbocycles. The molecular weight excluding hydrogens is 314 g/mol. The van der Waals surface area contributed by atoms with Crippen molar-refractivity contribution in [1.82, 2.24) is 4.98 Å². The molecule has 0 spiro atoms. The summed E-state index contributed by atoms with van der Waals surface area (Å²) in [6.45, 7) is 2.31. The van der Waals surface area contributed by atoms with Crippen molar-refractivity contribution in [2.24, 2.45) is 0 Å². The maximum Gasteiger partial charge on any atom is 0.305 e. The standard InChI is InChI=1S/C13H18BrNO2S/c1-2-17-13(16)6-4-3-5-9-18-12-8-7-11(14)10-15-12/h7-8,10H,2-6,9H2,1H3. The predicted octanol–water partition coefficient (Wildman–Crippen LogP) is 4.06. The van der Waals surface area contributed by atoms with Crippen LogP contribution in [0.25, 0.3) is 0 Å². The van der Waals surface area contributed by atoms with Crippen molar-refractivity contribution in [3.8, 4) is 0 Å². The largest absolute Gasteiger partial charge is 0.466 e. The maximum absolute atomic E-state index is 11.1. The number of carbonyl (C=O) groups is 1. The molecule has 0 N–H and O–H groups in total. The van der Waals surface area contributed by atoms with E-state index in [0.717, 1.165) is 34.5 Å². The Labute approximate surface area is 121 Å². The van der Waals surface area contributed by atoms with Gasteiger partial charge in [0.25, 0.3) is 0 Å². The summed E-state index contributed by atoms with van der Waals surface area (Å²) in [5.41, 5.74) is 0. The van der Waals surface area contributed by atoms with Gasteiger partial charge in [0, 0.05) is 17.1 Å². The summed E-state index contributed by atoms with van der Waals surface area (Å²) >= 11 is 5.11. The van der Waals surface area contributed by atoms with Crippen LogP contribution < -0.4 is 0 Å². The Hall–Kier alpha value is -0.550. The fourth-order valence-corrected chi connectivity index (χ4v) is 2.49. The molecule has 0 amide bonds. The van der Waals surface area contributed by atoms with E-state index in [-0.39, 0.29) is 5.97 Å². The van der Waals surface area contributed by atoms with Crippen LogP contribution in [0.5, 0.6) is 0 Å². The molecule has 0 saturated heterocycles. The van der Waals surface area contributed by atoms with Gasteiger partial charge in [-0.1, -0.05) is 6.42 Å². The molecule has 0 unspecified atom stereocenters. The van der Waals surface area contributed by atoms with Gasteiger partial charge in [-0.15, -0.1) is 11.8 Å². The van der Waals surface area contributed by atoms with Gasteiger partial charge in [0.15, 0.2) is 0 Å². The van der Waals surface area contributed by atoms with Crippen LogP contribution in [-0.2, 0) is 9.53 Å². The second kappa shape index (κ2) is 9.39. The zero-order chi connectivity index (χ0) is 13.2. The molecule has 3 nitrogen and oxygen atoms in total. The monoisotopic (exact) mass is 331 g/mol. The smallest absolute Gasteiger partial charge is 0.305 e. The highest BCUT2D eigenvalue weighted by molar-refractivity contribution is 9.10. The van der Waals surface area contributed by atoms with Crippen LogP contribution in [0.15, 0.2) is 27.8 Å². The number of nitrogens with zero attached hydrogens (tertiary/aromatic N) is 1. The van der Waals surface area contributed by atoms with Crippen molar-refractivity contribution in [3.63, 3.8) is 0 Å². The first-order valence-electron chi connectivity index (χ1n) is 6.12. The van der Waals surface area contributed by atoms with E-state index >= 15 is 0 Å². The number of unbranched alkanes of at least 4 members (excludes halogenated alkanes) is 2. The first-order chi connectivity index (χ1) is 8.72. The summed E-state index contributed by atoms with van der Waals surface area (Å²) in [5.74, 6) is 0.956. The second-order valence-corrected chi connectivity index (χ2v) is 5.81. The highest BCUT2D eigenvalue weighted by atomic mass is 79.9. The Morgan fingerprint density at radius 2 is 2.22 bits per heavy atom. The lowest BCUT2D eigenvalue weighted by atomic mass is 10.2. The van der Waals surface area contributed by atoms with Crippen LogP contribution in [0.3, 0.4) is 0 Å². The summed E-state index contributed by atoms with van der Waals surface area (Å²) in [6, 6.07) is 4.00. The van der Waals surface area contributed by atoms with E-state index in [2.05, 4.69) is 20.9 Å². The van der Waals surface area contributed by atoms with E-state index in [0.29, 0.717) is 13.0 Å². The number of halogens is 1. The lowest BCUT2D eigenvalue weighted by Gasteiger charge is -2.02. The number of hydrogen-bond donors (Lipinski definition) is 0. The van der Waals surface area contributed by atoms with E-state index in [1.54, 1.807) is 11.8 Å². The normalized spacial score (nSPS) is 10.3. The summed E-state index contributed by atoms with van der Waals surface area (Å²) < 4.78 is 5.87. The summed E-state index contributed by atoms with van der Waals surface area (Å²) in [5, 5.41) is 1.04. The molecule has 0 bridgehead atoms. The van der Waals surface area contributed by atoms with Gasteiger partial charge in [0.1, 0.15) is 0 Å². The number of aromatic nitrogens is 1. The molecule has 0 atom stereocenters. The Bertz CT molecular complexity index is 357. The van der Waals surface area contributed by atoms with Crippen molar-refractivity contribution >= 4 is 33.7 Å². The van der Waals surface area contributed by atoms with E-state index < -0.39 is 0 Å². The third-order valence-electron chi connectivity index (χ3n) is 2.28. The molecule has 1 heterocycles. The van der Waals surface area contributed by atoms with E-state index in [1.165, 1.54) is 0 Å². The van der Waals surface area contributed by atoms with Crippen LogP contribution in [0.4, 0.5) is 0 Å². The number of hydrogen-bond acceptors (Lipinski definition) is 4. The van der Waals surface area contributed by atoms with Gasteiger partial charge in [0.05, 0.1) is 11.6 Å². The van der Waals surface area contributed by atoms with Gasteiger partial charge in [-0.05, 0) is 53.6 Å². The quantitative estimate of drug-likeness (QED) is 0.409. The minimum Gasteiger partial charge on any atom is -0.466 e.